The fraction of sp³-hybridized carbons (Fsp3) is 0.400. The van der Waals surface area contributed by atoms with Gasteiger partial charge < -0.3 is 14.2 Å². The molecule has 2 atom stereocenters. The Balaban J connectivity index is 1.59. The molecular formula is C20H22O3. The molecule has 3 heteroatoms. The number of epoxide rings is 2. The number of aryl methyl sites for hydroxylation is 1. The van der Waals surface area contributed by atoms with Crippen molar-refractivity contribution in [1.29, 1.82) is 0 Å². The van der Waals surface area contributed by atoms with E-state index in [2.05, 4.69) is 31.2 Å². The van der Waals surface area contributed by atoms with Crippen LogP contribution in [0.1, 0.15) is 22.3 Å². The minimum absolute atomic E-state index is 0.362. The highest BCUT2D eigenvalue weighted by molar-refractivity contribution is 5.46. The Kier molecular flexibility index (Phi) is 4.06. The number of hydrogen-bond donors (Lipinski definition) is 0. The minimum atomic E-state index is 0.362. The van der Waals surface area contributed by atoms with E-state index in [1.165, 1.54) is 22.3 Å². The molecule has 0 amide bonds. The zero-order chi connectivity index (χ0) is 15.6. The molecule has 2 heterocycles. The molecule has 3 nitrogen and oxygen atoms in total. The van der Waals surface area contributed by atoms with Gasteiger partial charge in [0.05, 0.1) is 25.4 Å². The molecule has 0 spiro atoms. The quantitative estimate of drug-likeness (QED) is 0.735. The molecule has 2 unspecified atom stereocenters. The summed E-state index contributed by atoms with van der Waals surface area (Å²) in [5.74, 6) is 1.03. The van der Waals surface area contributed by atoms with Gasteiger partial charge in [-0.3, -0.25) is 0 Å². The van der Waals surface area contributed by atoms with Crippen LogP contribution < -0.4 is 4.74 Å². The van der Waals surface area contributed by atoms with Crippen LogP contribution in [0.3, 0.4) is 0 Å². The normalized spacial score (nSPS) is 22.0. The van der Waals surface area contributed by atoms with E-state index < -0.39 is 0 Å². The Morgan fingerprint density at radius 2 is 1.52 bits per heavy atom. The van der Waals surface area contributed by atoms with Crippen LogP contribution in [0.4, 0.5) is 0 Å². The summed E-state index contributed by atoms with van der Waals surface area (Å²) in [6, 6.07) is 14.8. The number of hydrogen-bond acceptors (Lipinski definition) is 3. The Morgan fingerprint density at radius 3 is 2.04 bits per heavy atom. The van der Waals surface area contributed by atoms with Gasteiger partial charge in [0.15, 0.2) is 0 Å². The van der Waals surface area contributed by atoms with Crippen molar-refractivity contribution in [2.45, 2.75) is 38.6 Å². The highest BCUT2D eigenvalue weighted by Gasteiger charge is 2.28. The average Bonchev–Trinajstić information content (AvgIpc) is 3.44. The topological polar surface area (TPSA) is 34.3 Å². The van der Waals surface area contributed by atoms with Crippen molar-refractivity contribution in [3.05, 3.63) is 64.7 Å². The van der Waals surface area contributed by atoms with Gasteiger partial charge in [-0.1, -0.05) is 48.0 Å². The Bertz CT molecular complexity index is 638. The highest BCUT2D eigenvalue weighted by Crippen LogP contribution is 2.33. The van der Waals surface area contributed by atoms with Crippen LogP contribution >= 0.6 is 0 Å². The van der Waals surface area contributed by atoms with Crippen molar-refractivity contribution in [1.82, 2.24) is 0 Å². The largest absolute Gasteiger partial charge is 0.488 e. The van der Waals surface area contributed by atoms with Crippen molar-refractivity contribution in [2.75, 3.05) is 13.2 Å². The molecule has 0 saturated carbocycles. The van der Waals surface area contributed by atoms with E-state index in [0.717, 1.165) is 31.8 Å². The molecule has 2 aliphatic rings. The second-order valence-corrected chi connectivity index (χ2v) is 6.51. The molecular weight excluding hydrogens is 288 g/mol. The average molecular weight is 310 g/mol. The molecule has 2 aliphatic heterocycles. The van der Waals surface area contributed by atoms with Gasteiger partial charge in [-0.15, -0.1) is 0 Å². The molecule has 2 aromatic carbocycles. The minimum Gasteiger partial charge on any atom is -0.488 e. The monoisotopic (exact) mass is 310 g/mol. The van der Waals surface area contributed by atoms with Crippen molar-refractivity contribution < 1.29 is 14.2 Å². The second-order valence-electron chi connectivity index (χ2n) is 6.51. The van der Waals surface area contributed by atoms with Gasteiger partial charge in [-0.05, 0) is 23.6 Å². The van der Waals surface area contributed by atoms with Crippen molar-refractivity contribution in [2.24, 2.45) is 0 Å². The molecule has 4 rings (SSSR count). The summed E-state index contributed by atoms with van der Waals surface area (Å²) in [5.41, 5.74) is 5.00. The SMILES string of the molecule is Cc1cc(CC2CO2)c(OCc2ccccc2)c(CC2CO2)c1. The Labute approximate surface area is 137 Å². The van der Waals surface area contributed by atoms with E-state index >= 15 is 0 Å². The first-order valence-electron chi connectivity index (χ1n) is 8.30. The van der Waals surface area contributed by atoms with E-state index in [9.17, 15) is 0 Å². The lowest BCUT2D eigenvalue weighted by molar-refractivity contribution is 0.296. The lowest BCUT2D eigenvalue weighted by Crippen LogP contribution is -2.07. The van der Waals surface area contributed by atoms with Gasteiger partial charge >= 0.3 is 0 Å². The summed E-state index contributed by atoms with van der Waals surface area (Å²) in [4.78, 5) is 0. The first kappa shape index (κ1) is 14.7. The molecule has 0 radical (unpaired) electrons. The lowest BCUT2D eigenvalue weighted by atomic mass is 9.98. The van der Waals surface area contributed by atoms with E-state index in [1.54, 1.807) is 0 Å². The van der Waals surface area contributed by atoms with Crippen LogP contribution in [-0.2, 0) is 28.9 Å². The lowest BCUT2D eigenvalue weighted by Gasteiger charge is -2.17. The smallest absolute Gasteiger partial charge is 0.126 e. The third-order valence-electron chi connectivity index (χ3n) is 4.31. The molecule has 0 aliphatic carbocycles. The fourth-order valence-electron chi connectivity index (χ4n) is 3.01. The van der Waals surface area contributed by atoms with Crippen LogP contribution in [0.15, 0.2) is 42.5 Å². The van der Waals surface area contributed by atoms with Gasteiger partial charge in [0.1, 0.15) is 12.4 Å². The summed E-state index contributed by atoms with van der Waals surface area (Å²) in [5, 5.41) is 0. The molecule has 120 valence electrons. The van der Waals surface area contributed by atoms with Crippen LogP contribution in [0.25, 0.3) is 0 Å². The number of benzene rings is 2. The van der Waals surface area contributed by atoms with Crippen LogP contribution in [-0.4, -0.2) is 25.4 Å². The molecule has 0 aromatic heterocycles. The molecule has 23 heavy (non-hydrogen) atoms. The van der Waals surface area contributed by atoms with Crippen molar-refractivity contribution in [3.8, 4) is 5.75 Å². The van der Waals surface area contributed by atoms with Gasteiger partial charge in [-0.2, -0.15) is 0 Å². The van der Waals surface area contributed by atoms with Gasteiger partial charge in [0, 0.05) is 12.8 Å². The number of rotatable bonds is 7. The molecule has 0 N–H and O–H groups in total. The predicted octanol–water partition coefficient (Wildman–Crippen LogP) is 3.46. The van der Waals surface area contributed by atoms with E-state index in [-0.39, 0.29) is 0 Å². The summed E-state index contributed by atoms with van der Waals surface area (Å²) >= 11 is 0. The second kappa shape index (κ2) is 6.34. The van der Waals surface area contributed by atoms with E-state index in [0.29, 0.717) is 18.8 Å². The van der Waals surface area contributed by atoms with Crippen LogP contribution in [0, 0.1) is 6.92 Å². The summed E-state index contributed by atoms with van der Waals surface area (Å²) in [6.45, 7) is 4.48. The molecule has 2 aromatic rings. The number of ether oxygens (including phenoxy) is 3. The van der Waals surface area contributed by atoms with Gasteiger partial charge in [-0.25, -0.2) is 0 Å². The maximum atomic E-state index is 6.26. The van der Waals surface area contributed by atoms with Gasteiger partial charge in [0.2, 0.25) is 0 Å². The summed E-state index contributed by atoms with van der Waals surface area (Å²) in [7, 11) is 0. The van der Waals surface area contributed by atoms with Gasteiger partial charge in [0.25, 0.3) is 0 Å². The molecule has 2 fully saturated rings. The van der Waals surface area contributed by atoms with E-state index in [4.69, 9.17) is 14.2 Å². The summed E-state index contributed by atoms with van der Waals surface area (Å²) in [6.07, 6.45) is 2.59. The first-order valence-corrected chi connectivity index (χ1v) is 8.30. The highest BCUT2D eigenvalue weighted by atomic mass is 16.6. The Hall–Kier alpha value is -1.84. The van der Waals surface area contributed by atoms with Crippen LogP contribution in [0.5, 0.6) is 5.75 Å². The van der Waals surface area contributed by atoms with E-state index in [1.807, 2.05) is 18.2 Å². The molecule has 0 bridgehead atoms. The predicted molar refractivity (Wildman–Crippen MR) is 88.8 cm³/mol. The third-order valence-corrected chi connectivity index (χ3v) is 4.31. The standard InChI is InChI=1S/C20H22O3/c1-14-7-16(9-18-12-21-18)20(17(8-14)10-19-13-22-19)23-11-15-5-3-2-4-6-15/h2-8,18-19H,9-13H2,1H3. The third kappa shape index (κ3) is 3.92. The zero-order valence-corrected chi connectivity index (χ0v) is 13.5. The van der Waals surface area contributed by atoms with Crippen molar-refractivity contribution >= 4 is 0 Å². The van der Waals surface area contributed by atoms with Crippen LogP contribution in [0.2, 0.25) is 0 Å². The molecule has 2 saturated heterocycles. The summed E-state index contributed by atoms with van der Waals surface area (Å²) < 4.78 is 17.1. The zero-order valence-electron chi connectivity index (χ0n) is 13.5. The maximum absolute atomic E-state index is 6.26. The maximum Gasteiger partial charge on any atom is 0.126 e. The Morgan fingerprint density at radius 1 is 0.957 bits per heavy atom. The fourth-order valence-corrected chi connectivity index (χ4v) is 3.01. The first-order chi connectivity index (χ1) is 11.3. The van der Waals surface area contributed by atoms with Crippen molar-refractivity contribution in [3.63, 3.8) is 0 Å².